The third kappa shape index (κ3) is 3.20. The third-order valence-electron chi connectivity index (χ3n) is 4.41. The van der Waals surface area contributed by atoms with Crippen LogP contribution in [0.25, 0.3) is 11.3 Å². The molecule has 2 aromatic rings. The molecule has 138 valence electrons. The molecular formula is C18H20ClN3O4. The average molecular weight is 378 g/mol. The highest BCUT2D eigenvalue weighted by atomic mass is 35.5. The molecule has 26 heavy (non-hydrogen) atoms. The van der Waals surface area contributed by atoms with E-state index in [2.05, 4.69) is 5.16 Å². The van der Waals surface area contributed by atoms with Gasteiger partial charge in [-0.25, -0.2) is 0 Å². The van der Waals surface area contributed by atoms with E-state index in [1.54, 1.807) is 18.0 Å². The van der Waals surface area contributed by atoms with Crippen LogP contribution >= 0.6 is 11.6 Å². The molecule has 0 saturated carbocycles. The first-order valence-electron chi connectivity index (χ1n) is 8.30. The summed E-state index contributed by atoms with van der Waals surface area (Å²) in [5, 5.41) is 13.1. The number of aliphatic hydroxyl groups is 1. The van der Waals surface area contributed by atoms with Crippen LogP contribution < -0.4 is 0 Å². The number of aliphatic hydroxyl groups excluding tert-OH is 1. The zero-order valence-electron chi connectivity index (χ0n) is 14.8. The molecule has 2 heterocycles. The van der Waals surface area contributed by atoms with Crippen LogP contribution in [0.5, 0.6) is 0 Å². The molecule has 0 fully saturated rings. The molecule has 8 heteroatoms. The summed E-state index contributed by atoms with van der Waals surface area (Å²) in [5.41, 5.74) is 2.14. The first-order valence-corrected chi connectivity index (χ1v) is 8.68. The number of nitrogens with zero attached hydrogens (tertiary/aromatic N) is 3. The predicted molar refractivity (Wildman–Crippen MR) is 96.0 cm³/mol. The second-order valence-corrected chi connectivity index (χ2v) is 6.95. The first-order chi connectivity index (χ1) is 12.3. The quantitative estimate of drug-likeness (QED) is 0.864. The number of hydrogen-bond acceptors (Lipinski definition) is 5. The fourth-order valence-corrected chi connectivity index (χ4v) is 3.26. The number of fused-ring (bicyclic) bond motifs is 1. The van der Waals surface area contributed by atoms with Crippen molar-refractivity contribution in [2.75, 3.05) is 20.2 Å². The maximum atomic E-state index is 12.5. The molecule has 1 N–H and O–H groups in total. The molecule has 0 unspecified atom stereocenters. The minimum absolute atomic E-state index is 0.0750. The van der Waals surface area contributed by atoms with Crippen LogP contribution in [0.2, 0.25) is 5.02 Å². The van der Waals surface area contributed by atoms with Gasteiger partial charge in [-0.05, 0) is 31.5 Å². The van der Waals surface area contributed by atoms with Crippen molar-refractivity contribution in [3.8, 4) is 11.3 Å². The molecule has 1 aliphatic rings. The van der Waals surface area contributed by atoms with Crippen LogP contribution in [0.15, 0.2) is 22.7 Å². The fourth-order valence-electron chi connectivity index (χ4n) is 2.95. The molecular weight excluding hydrogens is 358 g/mol. The number of rotatable bonds is 5. The van der Waals surface area contributed by atoms with Gasteiger partial charge in [0.15, 0.2) is 11.5 Å². The minimum Gasteiger partial charge on any atom is -0.395 e. The van der Waals surface area contributed by atoms with Gasteiger partial charge in [0.1, 0.15) is 0 Å². The predicted octanol–water partition coefficient (Wildman–Crippen LogP) is 2.42. The summed E-state index contributed by atoms with van der Waals surface area (Å²) in [7, 11) is 1.57. The summed E-state index contributed by atoms with van der Waals surface area (Å²) in [5.74, 6) is -0.0287. The highest BCUT2D eigenvalue weighted by Gasteiger charge is 2.32. The lowest BCUT2D eigenvalue weighted by molar-refractivity contribution is 0.0729. The van der Waals surface area contributed by atoms with E-state index in [-0.39, 0.29) is 36.7 Å². The zero-order valence-corrected chi connectivity index (χ0v) is 15.6. The first kappa shape index (κ1) is 18.4. The SMILES string of the molecule is CC(C)N1Cc2cc(-c3cc(C(=O)N(C)CCO)no3)cc(Cl)c2C1=O. The number of halogens is 1. The Morgan fingerprint density at radius 3 is 2.81 bits per heavy atom. The lowest BCUT2D eigenvalue weighted by Gasteiger charge is -2.19. The van der Waals surface area contributed by atoms with Gasteiger partial charge < -0.3 is 19.4 Å². The van der Waals surface area contributed by atoms with Crippen molar-refractivity contribution in [1.82, 2.24) is 15.0 Å². The van der Waals surface area contributed by atoms with Gasteiger partial charge in [-0.1, -0.05) is 16.8 Å². The summed E-state index contributed by atoms with van der Waals surface area (Å²) < 4.78 is 5.30. The molecule has 7 nitrogen and oxygen atoms in total. The maximum Gasteiger partial charge on any atom is 0.275 e. The summed E-state index contributed by atoms with van der Waals surface area (Å²) in [6.45, 7) is 4.47. The molecule has 0 saturated heterocycles. The normalized spacial score (nSPS) is 13.5. The van der Waals surface area contributed by atoms with Gasteiger partial charge in [-0.2, -0.15) is 0 Å². The number of amides is 2. The van der Waals surface area contributed by atoms with Crippen molar-refractivity contribution < 1.29 is 19.2 Å². The largest absolute Gasteiger partial charge is 0.395 e. The molecule has 0 atom stereocenters. The van der Waals surface area contributed by atoms with Crippen molar-refractivity contribution >= 4 is 23.4 Å². The Bertz CT molecular complexity index is 862. The molecule has 0 spiro atoms. The molecule has 1 aromatic heterocycles. The number of aromatic nitrogens is 1. The van der Waals surface area contributed by atoms with Gasteiger partial charge in [0.05, 0.1) is 17.2 Å². The van der Waals surface area contributed by atoms with Crippen molar-refractivity contribution in [2.45, 2.75) is 26.4 Å². The molecule has 1 aliphatic heterocycles. The van der Waals surface area contributed by atoms with Gasteiger partial charge in [-0.15, -0.1) is 0 Å². The fraction of sp³-hybridized carbons (Fsp3) is 0.389. The Hall–Kier alpha value is -2.38. The number of carbonyl (C=O) groups is 2. The van der Waals surface area contributed by atoms with Gasteiger partial charge in [0.25, 0.3) is 11.8 Å². The van der Waals surface area contributed by atoms with E-state index >= 15 is 0 Å². The van der Waals surface area contributed by atoms with Gasteiger partial charge in [-0.3, -0.25) is 9.59 Å². The number of hydrogen-bond donors (Lipinski definition) is 1. The molecule has 2 amide bonds. The van der Waals surface area contributed by atoms with Crippen LogP contribution in [-0.2, 0) is 6.54 Å². The van der Waals surface area contributed by atoms with Gasteiger partial charge in [0, 0.05) is 37.8 Å². The van der Waals surface area contributed by atoms with Crippen LogP contribution in [0.1, 0.15) is 40.3 Å². The Morgan fingerprint density at radius 2 is 2.15 bits per heavy atom. The van der Waals surface area contributed by atoms with Crippen molar-refractivity contribution in [1.29, 1.82) is 0 Å². The van der Waals surface area contributed by atoms with E-state index < -0.39 is 0 Å². The highest BCUT2D eigenvalue weighted by Crippen LogP contribution is 2.35. The lowest BCUT2D eigenvalue weighted by atomic mass is 10.0. The van der Waals surface area contributed by atoms with E-state index in [1.807, 2.05) is 19.9 Å². The van der Waals surface area contributed by atoms with E-state index in [4.69, 9.17) is 21.2 Å². The third-order valence-corrected chi connectivity index (χ3v) is 4.70. The van der Waals surface area contributed by atoms with E-state index in [1.165, 1.54) is 11.0 Å². The standard InChI is InChI=1S/C18H20ClN3O4/c1-10(2)22-9-12-6-11(7-13(19)16(12)18(22)25)15-8-14(20-26-15)17(24)21(3)4-5-23/h6-8,10,23H,4-5,9H2,1-3H3. The number of benzene rings is 1. The smallest absolute Gasteiger partial charge is 0.275 e. The van der Waals surface area contributed by atoms with Crippen molar-refractivity contribution in [3.05, 3.63) is 40.0 Å². The van der Waals surface area contributed by atoms with Crippen LogP contribution in [0.3, 0.4) is 0 Å². The van der Waals surface area contributed by atoms with Crippen LogP contribution in [0, 0.1) is 0 Å². The van der Waals surface area contributed by atoms with Crippen LogP contribution in [-0.4, -0.2) is 58.1 Å². The molecule has 0 bridgehead atoms. The Balaban J connectivity index is 1.91. The summed E-state index contributed by atoms with van der Waals surface area (Å²) >= 11 is 6.34. The second-order valence-electron chi connectivity index (χ2n) is 6.55. The molecule has 3 rings (SSSR count). The lowest BCUT2D eigenvalue weighted by Crippen LogP contribution is -2.30. The Labute approximate surface area is 156 Å². The molecule has 1 aromatic carbocycles. The maximum absolute atomic E-state index is 12.5. The molecule has 0 radical (unpaired) electrons. The van der Waals surface area contributed by atoms with E-state index in [0.29, 0.717) is 28.5 Å². The monoisotopic (exact) mass is 377 g/mol. The Morgan fingerprint density at radius 1 is 1.42 bits per heavy atom. The Kier molecular flexibility index (Phi) is 5.02. The highest BCUT2D eigenvalue weighted by molar-refractivity contribution is 6.34. The second kappa shape index (κ2) is 7.09. The van der Waals surface area contributed by atoms with Crippen molar-refractivity contribution in [3.63, 3.8) is 0 Å². The van der Waals surface area contributed by atoms with Gasteiger partial charge in [0.2, 0.25) is 0 Å². The molecule has 0 aliphatic carbocycles. The summed E-state index contributed by atoms with van der Waals surface area (Å²) in [4.78, 5) is 27.8. The number of likely N-dealkylation sites (N-methyl/N-ethyl adjacent to an activating group) is 1. The topological polar surface area (TPSA) is 86.9 Å². The van der Waals surface area contributed by atoms with E-state index in [9.17, 15) is 9.59 Å². The minimum atomic E-state index is -0.345. The average Bonchev–Trinajstić information content (AvgIpc) is 3.19. The zero-order chi connectivity index (χ0) is 19.0. The summed E-state index contributed by atoms with van der Waals surface area (Å²) in [6, 6.07) is 5.10. The van der Waals surface area contributed by atoms with Crippen molar-refractivity contribution in [2.24, 2.45) is 0 Å². The van der Waals surface area contributed by atoms with Crippen LogP contribution in [0.4, 0.5) is 0 Å². The summed E-state index contributed by atoms with van der Waals surface area (Å²) in [6.07, 6.45) is 0. The van der Waals surface area contributed by atoms with E-state index in [0.717, 1.165) is 5.56 Å². The van der Waals surface area contributed by atoms with Gasteiger partial charge >= 0.3 is 0 Å². The number of carbonyl (C=O) groups excluding carboxylic acids is 2.